The molecule has 0 aliphatic carbocycles. The van der Waals surface area contributed by atoms with Crippen molar-refractivity contribution in [1.82, 2.24) is 4.90 Å². The number of nitrogens with zero attached hydrogens (tertiary/aromatic N) is 1. The van der Waals surface area contributed by atoms with Crippen LogP contribution in [0.3, 0.4) is 0 Å². The van der Waals surface area contributed by atoms with Crippen molar-refractivity contribution in [3.8, 4) is 0 Å². The molecular formula is C8H12N2OS. The lowest BCUT2D eigenvalue weighted by Crippen LogP contribution is -2.28. The van der Waals surface area contributed by atoms with Crippen LogP contribution in [0.25, 0.3) is 0 Å². The van der Waals surface area contributed by atoms with Gasteiger partial charge in [-0.3, -0.25) is 4.79 Å². The second-order valence-electron chi connectivity index (χ2n) is 2.65. The Morgan fingerprint density at radius 2 is 2.42 bits per heavy atom. The highest BCUT2D eigenvalue weighted by Crippen LogP contribution is 2.10. The summed E-state index contributed by atoms with van der Waals surface area (Å²) in [6.07, 6.45) is 0. The first kappa shape index (κ1) is 9.06. The Bertz CT molecular complexity index is 244. The Morgan fingerprint density at radius 1 is 1.67 bits per heavy atom. The lowest BCUT2D eigenvalue weighted by molar-refractivity contribution is -0.126. The van der Waals surface area contributed by atoms with E-state index in [1.807, 2.05) is 16.8 Å². The lowest BCUT2D eigenvalue weighted by Gasteiger charge is -2.10. The van der Waals surface area contributed by atoms with Crippen LogP contribution >= 0.6 is 11.3 Å². The summed E-state index contributed by atoms with van der Waals surface area (Å²) in [7, 11) is 3.50. The summed E-state index contributed by atoms with van der Waals surface area (Å²) in [5, 5.41) is 6.97. The molecule has 1 amide bonds. The number of carbonyl (C=O) groups is 1. The van der Waals surface area contributed by atoms with Crippen molar-refractivity contribution in [2.24, 2.45) is 0 Å². The lowest BCUT2D eigenvalue weighted by atomic mass is 10.5. The summed E-state index contributed by atoms with van der Waals surface area (Å²) < 4.78 is 0. The Kier molecular flexibility index (Phi) is 3.10. The fourth-order valence-corrected chi connectivity index (χ4v) is 1.31. The van der Waals surface area contributed by atoms with E-state index < -0.39 is 0 Å². The molecule has 0 aliphatic heterocycles. The predicted octanol–water partition coefficient (Wildman–Crippen LogP) is 1.25. The summed E-state index contributed by atoms with van der Waals surface area (Å²) in [6.45, 7) is 0.365. The van der Waals surface area contributed by atoms with Crippen molar-refractivity contribution in [3.05, 3.63) is 16.8 Å². The van der Waals surface area contributed by atoms with Crippen LogP contribution in [0.5, 0.6) is 0 Å². The quantitative estimate of drug-likeness (QED) is 0.766. The molecule has 0 atom stereocenters. The number of rotatable bonds is 3. The van der Waals surface area contributed by atoms with Crippen molar-refractivity contribution in [2.75, 3.05) is 26.0 Å². The minimum Gasteiger partial charge on any atom is -0.375 e. The van der Waals surface area contributed by atoms with Crippen molar-refractivity contribution < 1.29 is 4.79 Å². The first-order valence-corrected chi connectivity index (χ1v) is 4.60. The summed E-state index contributed by atoms with van der Waals surface area (Å²) >= 11 is 1.61. The fourth-order valence-electron chi connectivity index (χ4n) is 0.701. The van der Waals surface area contributed by atoms with Crippen LogP contribution in [0, 0.1) is 0 Å². The highest BCUT2D eigenvalue weighted by atomic mass is 32.1. The van der Waals surface area contributed by atoms with Gasteiger partial charge in [-0.2, -0.15) is 11.3 Å². The van der Waals surface area contributed by atoms with Gasteiger partial charge in [0.25, 0.3) is 0 Å². The molecule has 0 aliphatic rings. The van der Waals surface area contributed by atoms with Gasteiger partial charge in [0, 0.05) is 25.2 Å². The number of thiophene rings is 1. The first-order valence-electron chi connectivity index (χ1n) is 3.66. The number of hydrogen-bond acceptors (Lipinski definition) is 3. The van der Waals surface area contributed by atoms with E-state index in [9.17, 15) is 4.79 Å². The normalized spacial score (nSPS) is 9.50. The van der Waals surface area contributed by atoms with Gasteiger partial charge in [0.15, 0.2) is 0 Å². The zero-order chi connectivity index (χ0) is 8.97. The Hall–Kier alpha value is -1.03. The van der Waals surface area contributed by atoms with Crippen molar-refractivity contribution >= 4 is 22.9 Å². The average Bonchev–Trinajstić information content (AvgIpc) is 2.51. The van der Waals surface area contributed by atoms with Crippen LogP contribution < -0.4 is 5.32 Å². The Labute approximate surface area is 76.0 Å². The minimum absolute atomic E-state index is 0.0844. The van der Waals surface area contributed by atoms with E-state index in [2.05, 4.69) is 5.32 Å². The third-order valence-electron chi connectivity index (χ3n) is 1.46. The topological polar surface area (TPSA) is 32.3 Å². The van der Waals surface area contributed by atoms with Gasteiger partial charge < -0.3 is 10.2 Å². The molecule has 0 radical (unpaired) electrons. The second kappa shape index (κ2) is 4.11. The van der Waals surface area contributed by atoms with E-state index in [0.717, 1.165) is 5.69 Å². The molecule has 0 spiro atoms. The maximum atomic E-state index is 11.1. The number of likely N-dealkylation sites (N-methyl/N-ethyl adjacent to an activating group) is 1. The SMILES string of the molecule is CN(C)C(=O)CNc1ccsc1. The molecule has 0 saturated carbocycles. The molecule has 0 saturated heterocycles. The molecule has 1 rings (SSSR count). The molecular weight excluding hydrogens is 172 g/mol. The number of anilines is 1. The van der Waals surface area contributed by atoms with Crippen LogP contribution in [-0.4, -0.2) is 31.4 Å². The molecule has 1 heterocycles. The highest BCUT2D eigenvalue weighted by Gasteiger charge is 2.02. The third-order valence-corrected chi connectivity index (χ3v) is 2.15. The standard InChI is InChI=1S/C8H12N2OS/c1-10(2)8(11)5-9-7-3-4-12-6-7/h3-4,6,9H,5H2,1-2H3. The molecule has 0 unspecified atom stereocenters. The molecule has 4 heteroatoms. The number of nitrogens with one attached hydrogen (secondary N) is 1. The van der Waals surface area contributed by atoms with Crippen LogP contribution in [0.2, 0.25) is 0 Å². The van der Waals surface area contributed by atoms with Gasteiger partial charge in [0.05, 0.1) is 6.54 Å². The van der Waals surface area contributed by atoms with Crippen LogP contribution in [0.15, 0.2) is 16.8 Å². The fraction of sp³-hybridized carbons (Fsp3) is 0.375. The molecule has 0 bridgehead atoms. The molecule has 3 nitrogen and oxygen atoms in total. The highest BCUT2D eigenvalue weighted by molar-refractivity contribution is 7.08. The van der Waals surface area contributed by atoms with Gasteiger partial charge in [0.2, 0.25) is 5.91 Å². The second-order valence-corrected chi connectivity index (χ2v) is 3.43. The minimum atomic E-state index is 0.0844. The van der Waals surface area contributed by atoms with E-state index in [1.54, 1.807) is 30.3 Å². The Balaban J connectivity index is 2.32. The summed E-state index contributed by atoms with van der Waals surface area (Å²) in [6, 6.07) is 1.95. The molecule has 0 fully saturated rings. The molecule has 1 N–H and O–H groups in total. The molecule has 66 valence electrons. The van der Waals surface area contributed by atoms with Gasteiger partial charge >= 0.3 is 0 Å². The monoisotopic (exact) mass is 184 g/mol. The van der Waals surface area contributed by atoms with Gasteiger partial charge in [-0.05, 0) is 11.4 Å². The third kappa shape index (κ3) is 2.54. The van der Waals surface area contributed by atoms with E-state index in [-0.39, 0.29) is 5.91 Å². The van der Waals surface area contributed by atoms with E-state index in [0.29, 0.717) is 6.54 Å². The van der Waals surface area contributed by atoms with Crippen LogP contribution in [0.4, 0.5) is 5.69 Å². The van der Waals surface area contributed by atoms with Crippen molar-refractivity contribution in [1.29, 1.82) is 0 Å². The smallest absolute Gasteiger partial charge is 0.241 e. The van der Waals surface area contributed by atoms with Crippen molar-refractivity contribution in [3.63, 3.8) is 0 Å². The van der Waals surface area contributed by atoms with Gasteiger partial charge in [-0.15, -0.1) is 0 Å². The molecule has 1 aromatic rings. The van der Waals surface area contributed by atoms with Gasteiger partial charge in [0.1, 0.15) is 0 Å². The average molecular weight is 184 g/mol. The van der Waals surface area contributed by atoms with Crippen LogP contribution in [0.1, 0.15) is 0 Å². The maximum Gasteiger partial charge on any atom is 0.241 e. The number of hydrogen-bond donors (Lipinski definition) is 1. The number of amides is 1. The summed E-state index contributed by atoms with van der Waals surface area (Å²) in [4.78, 5) is 12.7. The zero-order valence-electron chi connectivity index (χ0n) is 7.20. The van der Waals surface area contributed by atoms with Crippen LogP contribution in [-0.2, 0) is 4.79 Å². The summed E-state index contributed by atoms with van der Waals surface area (Å²) in [5.74, 6) is 0.0844. The first-order chi connectivity index (χ1) is 5.70. The predicted molar refractivity (Wildman–Crippen MR) is 51.5 cm³/mol. The largest absolute Gasteiger partial charge is 0.375 e. The molecule has 0 aromatic carbocycles. The van der Waals surface area contributed by atoms with Crippen molar-refractivity contribution in [2.45, 2.75) is 0 Å². The summed E-state index contributed by atoms with van der Waals surface area (Å²) in [5.41, 5.74) is 1.01. The van der Waals surface area contributed by atoms with Gasteiger partial charge in [-0.1, -0.05) is 0 Å². The number of carbonyl (C=O) groups excluding carboxylic acids is 1. The Morgan fingerprint density at radius 3 is 2.92 bits per heavy atom. The maximum absolute atomic E-state index is 11.1. The van der Waals surface area contributed by atoms with E-state index in [1.165, 1.54) is 0 Å². The van der Waals surface area contributed by atoms with E-state index >= 15 is 0 Å². The van der Waals surface area contributed by atoms with Gasteiger partial charge in [-0.25, -0.2) is 0 Å². The molecule has 1 aromatic heterocycles. The molecule has 12 heavy (non-hydrogen) atoms. The van der Waals surface area contributed by atoms with E-state index in [4.69, 9.17) is 0 Å². The zero-order valence-corrected chi connectivity index (χ0v) is 8.02.